The zero-order chi connectivity index (χ0) is 12.0. The highest BCUT2D eigenvalue weighted by molar-refractivity contribution is 8.13. The van der Waals surface area contributed by atoms with E-state index in [0.29, 0.717) is 11.5 Å². The third-order valence-corrected chi connectivity index (χ3v) is 3.33. The Labute approximate surface area is 103 Å². The summed E-state index contributed by atoms with van der Waals surface area (Å²) in [6.07, 6.45) is 3.19. The van der Waals surface area contributed by atoms with Crippen LogP contribution < -0.4 is 0 Å². The van der Waals surface area contributed by atoms with Crippen LogP contribution in [0.5, 0.6) is 0 Å². The number of aromatic nitrogens is 2. The molecule has 0 atom stereocenters. The molecule has 0 aliphatic rings. The fourth-order valence-corrected chi connectivity index (χ4v) is 2.14. The van der Waals surface area contributed by atoms with Crippen LogP contribution in [0, 0.1) is 0 Å². The molecule has 1 aromatic rings. The summed E-state index contributed by atoms with van der Waals surface area (Å²) in [5.74, 6) is 1.02. The summed E-state index contributed by atoms with van der Waals surface area (Å²) < 4.78 is 0. The molecule has 86 valence electrons. The van der Waals surface area contributed by atoms with Gasteiger partial charge in [0.2, 0.25) is 0 Å². The quantitative estimate of drug-likeness (QED) is 0.821. The monoisotopic (exact) mass is 256 g/mol. The standard InChI is InChI=1S/C10H12N2O2S2/c1-7(13)15-5-9-10(6-16-8(2)14)12-4-3-11-9/h3-4H,5-6H2,1-2H3. The van der Waals surface area contributed by atoms with Crippen molar-refractivity contribution in [3.63, 3.8) is 0 Å². The zero-order valence-corrected chi connectivity index (χ0v) is 10.7. The van der Waals surface area contributed by atoms with Crippen molar-refractivity contribution in [1.29, 1.82) is 0 Å². The van der Waals surface area contributed by atoms with Crippen LogP contribution in [-0.4, -0.2) is 20.2 Å². The number of nitrogens with zero attached hydrogens (tertiary/aromatic N) is 2. The lowest BCUT2D eigenvalue weighted by Crippen LogP contribution is -2.00. The summed E-state index contributed by atoms with van der Waals surface area (Å²) in [4.78, 5) is 30.0. The number of thioether (sulfide) groups is 2. The van der Waals surface area contributed by atoms with E-state index < -0.39 is 0 Å². The van der Waals surface area contributed by atoms with Crippen LogP contribution in [0.4, 0.5) is 0 Å². The first-order valence-corrected chi connectivity index (χ1v) is 6.62. The molecule has 1 rings (SSSR count). The fraction of sp³-hybridized carbons (Fsp3) is 0.400. The Kier molecular flexibility index (Phi) is 5.48. The summed E-state index contributed by atoms with van der Waals surface area (Å²) in [5.41, 5.74) is 1.55. The first-order chi connectivity index (χ1) is 7.59. The van der Waals surface area contributed by atoms with E-state index in [-0.39, 0.29) is 10.2 Å². The maximum absolute atomic E-state index is 10.8. The summed E-state index contributed by atoms with van der Waals surface area (Å²) in [6.45, 7) is 3.04. The Bertz CT molecular complexity index is 359. The van der Waals surface area contributed by atoms with E-state index in [1.165, 1.54) is 37.4 Å². The minimum Gasteiger partial charge on any atom is -0.288 e. The van der Waals surface area contributed by atoms with Crippen LogP contribution in [0.3, 0.4) is 0 Å². The molecule has 0 fully saturated rings. The Hall–Kier alpha value is -0.880. The molecule has 0 saturated carbocycles. The minimum absolute atomic E-state index is 0.0517. The third kappa shape index (κ3) is 4.76. The molecule has 0 unspecified atom stereocenters. The molecule has 0 aliphatic carbocycles. The Morgan fingerprint density at radius 2 is 1.38 bits per heavy atom. The first-order valence-electron chi connectivity index (χ1n) is 4.65. The lowest BCUT2D eigenvalue weighted by atomic mass is 10.3. The summed E-state index contributed by atoms with van der Waals surface area (Å²) in [5, 5.41) is 0.103. The van der Waals surface area contributed by atoms with E-state index in [1.807, 2.05) is 0 Å². The van der Waals surface area contributed by atoms with Gasteiger partial charge in [-0.15, -0.1) is 0 Å². The molecule has 0 N–H and O–H groups in total. The van der Waals surface area contributed by atoms with Crippen molar-refractivity contribution in [2.45, 2.75) is 25.4 Å². The predicted octanol–water partition coefficient (Wildman–Crippen LogP) is 2.04. The normalized spacial score (nSPS) is 10.1. The van der Waals surface area contributed by atoms with E-state index in [9.17, 15) is 9.59 Å². The van der Waals surface area contributed by atoms with Crippen molar-refractivity contribution in [3.05, 3.63) is 23.8 Å². The van der Waals surface area contributed by atoms with Gasteiger partial charge in [-0.05, 0) is 0 Å². The van der Waals surface area contributed by atoms with Gasteiger partial charge >= 0.3 is 0 Å². The predicted molar refractivity (Wildman–Crippen MR) is 66.0 cm³/mol. The van der Waals surface area contributed by atoms with Gasteiger partial charge in [-0.3, -0.25) is 19.6 Å². The van der Waals surface area contributed by atoms with Gasteiger partial charge in [-0.2, -0.15) is 0 Å². The third-order valence-electron chi connectivity index (χ3n) is 1.68. The van der Waals surface area contributed by atoms with E-state index in [1.54, 1.807) is 12.4 Å². The Morgan fingerprint density at radius 3 is 1.69 bits per heavy atom. The van der Waals surface area contributed by atoms with Gasteiger partial charge in [-0.1, -0.05) is 23.5 Å². The summed E-state index contributed by atoms with van der Waals surface area (Å²) in [6, 6.07) is 0. The lowest BCUT2D eigenvalue weighted by Gasteiger charge is -2.04. The lowest BCUT2D eigenvalue weighted by molar-refractivity contribution is -0.109. The molecule has 0 aromatic carbocycles. The van der Waals surface area contributed by atoms with Gasteiger partial charge in [0, 0.05) is 37.7 Å². The van der Waals surface area contributed by atoms with Gasteiger partial charge in [0.1, 0.15) is 0 Å². The van der Waals surface area contributed by atoms with Crippen LogP contribution in [0.2, 0.25) is 0 Å². The van der Waals surface area contributed by atoms with Crippen molar-refractivity contribution in [3.8, 4) is 0 Å². The van der Waals surface area contributed by atoms with Gasteiger partial charge in [0.05, 0.1) is 11.4 Å². The average molecular weight is 256 g/mol. The zero-order valence-electron chi connectivity index (χ0n) is 9.10. The van der Waals surface area contributed by atoms with E-state index in [4.69, 9.17) is 0 Å². The second kappa shape index (κ2) is 6.65. The highest BCUT2D eigenvalue weighted by Crippen LogP contribution is 2.17. The molecule has 0 amide bonds. The number of rotatable bonds is 4. The molecule has 6 heteroatoms. The van der Waals surface area contributed by atoms with Crippen LogP contribution in [0.15, 0.2) is 12.4 Å². The molecule has 1 aromatic heterocycles. The average Bonchev–Trinajstić information content (AvgIpc) is 2.24. The molecule has 0 spiro atoms. The SMILES string of the molecule is CC(=O)SCc1nccnc1CSC(C)=O. The first kappa shape index (κ1) is 13.2. The van der Waals surface area contributed by atoms with Gasteiger partial charge in [0.15, 0.2) is 10.2 Å². The highest BCUT2D eigenvalue weighted by Gasteiger charge is 2.07. The second-order valence-corrected chi connectivity index (χ2v) is 5.31. The second-order valence-electron chi connectivity index (χ2n) is 3.01. The fourth-order valence-electron chi connectivity index (χ4n) is 0.977. The van der Waals surface area contributed by atoms with Crippen molar-refractivity contribution in [1.82, 2.24) is 9.97 Å². The number of carbonyl (C=O) groups is 2. The number of hydrogen-bond donors (Lipinski definition) is 0. The molecule has 16 heavy (non-hydrogen) atoms. The van der Waals surface area contributed by atoms with Crippen molar-refractivity contribution in [2.24, 2.45) is 0 Å². The summed E-state index contributed by atoms with van der Waals surface area (Å²) >= 11 is 2.39. The highest BCUT2D eigenvalue weighted by atomic mass is 32.2. The van der Waals surface area contributed by atoms with Crippen LogP contribution in [0.1, 0.15) is 25.2 Å². The molecule has 1 heterocycles. The van der Waals surface area contributed by atoms with Gasteiger partial charge in [-0.25, -0.2) is 0 Å². The Morgan fingerprint density at radius 1 is 1.00 bits per heavy atom. The van der Waals surface area contributed by atoms with E-state index in [0.717, 1.165) is 11.4 Å². The van der Waals surface area contributed by atoms with Crippen LogP contribution in [-0.2, 0) is 21.1 Å². The van der Waals surface area contributed by atoms with Crippen LogP contribution in [0.25, 0.3) is 0 Å². The maximum atomic E-state index is 10.8. The molecule has 0 radical (unpaired) electrons. The van der Waals surface area contributed by atoms with Gasteiger partial charge < -0.3 is 0 Å². The van der Waals surface area contributed by atoms with Crippen molar-refractivity contribution in [2.75, 3.05) is 0 Å². The van der Waals surface area contributed by atoms with Crippen molar-refractivity contribution >= 4 is 33.8 Å². The van der Waals surface area contributed by atoms with Crippen LogP contribution >= 0.6 is 23.5 Å². The van der Waals surface area contributed by atoms with Crippen molar-refractivity contribution < 1.29 is 9.59 Å². The van der Waals surface area contributed by atoms with Gasteiger partial charge in [0.25, 0.3) is 0 Å². The molecule has 4 nitrogen and oxygen atoms in total. The van der Waals surface area contributed by atoms with E-state index >= 15 is 0 Å². The summed E-state index contributed by atoms with van der Waals surface area (Å²) in [7, 11) is 0. The molecular formula is C10H12N2O2S2. The smallest absolute Gasteiger partial charge is 0.186 e. The molecule has 0 saturated heterocycles. The molecule has 0 aliphatic heterocycles. The topological polar surface area (TPSA) is 59.9 Å². The Balaban J connectivity index is 2.67. The molecule has 0 bridgehead atoms. The number of carbonyl (C=O) groups excluding carboxylic acids is 2. The minimum atomic E-state index is 0.0517. The largest absolute Gasteiger partial charge is 0.288 e. The van der Waals surface area contributed by atoms with E-state index in [2.05, 4.69) is 9.97 Å². The molecular weight excluding hydrogens is 244 g/mol. The number of hydrogen-bond acceptors (Lipinski definition) is 6. The maximum Gasteiger partial charge on any atom is 0.186 e.